The normalized spacial score (nSPS) is 45.4. The SMILES string of the molecule is COC1C(CO)OC2OC(C)(C)OC21. The van der Waals surface area contributed by atoms with Crippen LogP contribution in [0.4, 0.5) is 0 Å². The lowest BCUT2D eigenvalue weighted by molar-refractivity contribution is -0.220. The molecule has 0 bridgehead atoms. The molecule has 0 aromatic heterocycles. The van der Waals surface area contributed by atoms with Crippen LogP contribution in [0.15, 0.2) is 0 Å². The molecule has 4 unspecified atom stereocenters. The second-order valence-electron chi connectivity index (χ2n) is 4.03. The summed E-state index contributed by atoms with van der Waals surface area (Å²) in [6.07, 6.45) is -1.28. The Hall–Kier alpha value is -0.200. The van der Waals surface area contributed by atoms with E-state index in [2.05, 4.69) is 0 Å². The van der Waals surface area contributed by atoms with Crippen LogP contribution in [0.2, 0.25) is 0 Å². The predicted molar refractivity (Wildman–Crippen MR) is 46.6 cm³/mol. The summed E-state index contributed by atoms with van der Waals surface area (Å²) in [5, 5.41) is 9.04. The first-order chi connectivity index (χ1) is 6.57. The van der Waals surface area contributed by atoms with Gasteiger partial charge in [0.1, 0.15) is 18.3 Å². The molecular weight excluding hydrogens is 188 g/mol. The van der Waals surface area contributed by atoms with Crippen LogP contribution in [0.25, 0.3) is 0 Å². The van der Waals surface area contributed by atoms with Gasteiger partial charge in [-0.15, -0.1) is 0 Å². The van der Waals surface area contributed by atoms with Crippen molar-refractivity contribution in [3.05, 3.63) is 0 Å². The van der Waals surface area contributed by atoms with E-state index >= 15 is 0 Å². The van der Waals surface area contributed by atoms with E-state index in [0.29, 0.717) is 0 Å². The molecule has 4 atom stereocenters. The first-order valence-corrected chi connectivity index (χ1v) is 4.72. The molecule has 2 saturated heterocycles. The van der Waals surface area contributed by atoms with Gasteiger partial charge in [-0.25, -0.2) is 0 Å². The predicted octanol–water partition coefficient (Wildman–Crippen LogP) is -0.130. The summed E-state index contributed by atoms with van der Waals surface area (Å²) in [5.41, 5.74) is 0. The van der Waals surface area contributed by atoms with Crippen molar-refractivity contribution in [2.75, 3.05) is 13.7 Å². The zero-order chi connectivity index (χ0) is 10.3. The Morgan fingerprint density at radius 1 is 1.36 bits per heavy atom. The Kier molecular flexibility index (Phi) is 2.53. The highest BCUT2D eigenvalue weighted by molar-refractivity contribution is 4.93. The van der Waals surface area contributed by atoms with Crippen LogP contribution in [0.1, 0.15) is 13.8 Å². The van der Waals surface area contributed by atoms with E-state index < -0.39 is 12.1 Å². The largest absolute Gasteiger partial charge is 0.394 e. The van der Waals surface area contributed by atoms with Crippen molar-refractivity contribution in [3.8, 4) is 0 Å². The molecule has 2 fully saturated rings. The zero-order valence-electron chi connectivity index (χ0n) is 8.60. The van der Waals surface area contributed by atoms with Crippen LogP contribution < -0.4 is 0 Å². The van der Waals surface area contributed by atoms with Gasteiger partial charge in [-0.05, 0) is 13.8 Å². The van der Waals surface area contributed by atoms with Gasteiger partial charge in [0.2, 0.25) is 0 Å². The van der Waals surface area contributed by atoms with E-state index in [1.54, 1.807) is 7.11 Å². The van der Waals surface area contributed by atoms with Crippen molar-refractivity contribution in [1.82, 2.24) is 0 Å². The Morgan fingerprint density at radius 3 is 2.64 bits per heavy atom. The fourth-order valence-corrected chi connectivity index (χ4v) is 1.98. The van der Waals surface area contributed by atoms with Gasteiger partial charge in [0, 0.05) is 7.11 Å². The lowest BCUT2D eigenvalue weighted by atomic mass is 10.1. The van der Waals surface area contributed by atoms with E-state index in [-0.39, 0.29) is 24.9 Å². The van der Waals surface area contributed by atoms with Gasteiger partial charge in [-0.2, -0.15) is 0 Å². The number of aliphatic hydroxyl groups is 1. The summed E-state index contributed by atoms with van der Waals surface area (Å²) in [7, 11) is 1.58. The molecule has 1 N–H and O–H groups in total. The first-order valence-electron chi connectivity index (χ1n) is 4.72. The van der Waals surface area contributed by atoms with Gasteiger partial charge in [0.15, 0.2) is 12.1 Å². The van der Waals surface area contributed by atoms with Crippen molar-refractivity contribution < 1.29 is 24.1 Å². The lowest BCUT2D eigenvalue weighted by Crippen LogP contribution is -2.37. The third-order valence-electron chi connectivity index (χ3n) is 2.54. The maximum Gasteiger partial charge on any atom is 0.190 e. The monoisotopic (exact) mass is 204 g/mol. The van der Waals surface area contributed by atoms with E-state index in [0.717, 1.165) is 0 Å². The molecule has 0 saturated carbocycles. The number of hydrogen-bond acceptors (Lipinski definition) is 5. The fourth-order valence-electron chi connectivity index (χ4n) is 1.98. The van der Waals surface area contributed by atoms with Crippen molar-refractivity contribution in [1.29, 1.82) is 0 Å². The minimum atomic E-state index is -0.632. The van der Waals surface area contributed by atoms with Crippen LogP contribution in [0, 0.1) is 0 Å². The molecule has 5 nitrogen and oxygen atoms in total. The highest BCUT2D eigenvalue weighted by atomic mass is 16.8. The van der Waals surface area contributed by atoms with E-state index in [9.17, 15) is 0 Å². The first kappa shape index (κ1) is 10.3. The molecule has 82 valence electrons. The van der Waals surface area contributed by atoms with Crippen molar-refractivity contribution >= 4 is 0 Å². The summed E-state index contributed by atoms with van der Waals surface area (Å²) in [5.74, 6) is -0.632. The lowest BCUT2D eigenvalue weighted by Gasteiger charge is -2.23. The number of aliphatic hydroxyl groups excluding tert-OH is 1. The topological polar surface area (TPSA) is 57.2 Å². The van der Waals surface area contributed by atoms with E-state index in [4.69, 9.17) is 24.1 Å². The molecule has 0 amide bonds. The number of hydrogen-bond donors (Lipinski definition) is 1. The zero-order valence-corrected chi connectivity index (χ0v) is 8.60. The van der Waals surface area contributed by atoms with Crippen LogP contribution in [0.3, 0.4) is 0 Å². The standard InChI is InChI=1S/C9H16O5/c1-9(2)13-7-6(11-3)5(4-10)12-8(7)14-9/h5-8,10H,4H2,1-3H3. The summed E-state index contributed by atoms with van der Waals surface area (Å²) < 4.78 is 21.8. The molecule has 0 aliphatic carbocycles. The Morgan fingerprint density at radius 2 is 2.07 bits per heavy atom. The minimum Gasteiger partial charge on any atom is -0.394 e. The third kappa shape index (κ3) is 1.55. The maximum absolute atomic E-state index is 9.04. The third-order valence-corrected chi connectivity index (χ3v) is 2.54. The van der Waals surface area contributed by atoms with Crippen LogP contribution >= 0.6 is 0 Å². The fraction of sp³-hybridized carbons (Fsp3) is 1.00. The number of ether oxygens (including phenoxy) is 4. The van der Waals surface area contributed by atoms with Crippen molar-refractivity contribution in [2.24, 2.45) is 0 Å². The van der Waals surface area contributed by atoms with Gasteiger partial charge in [0.25, 0.3) is 0 Å². The number of methoxy groups -OCH3 is 1. The molecule has 0 radical (unpaired) electrons. The summed E-state index contributed by atoms with van der Waals surface area (Å²) in [4.78, 5) is 0. The Bertz CT molecular complexity index is 217. The maximum atomic E-state index is 9.04. The van der Waals surface area contributed by atoms with Crippen molar-refractivity contribution in [3.63, 3.8) is 0 Å². The highest BCUT2D eigenvalue weighted by Gasteiger charge is 2.54. The average Bonchev–Trinajstić information content (AvgIpc) is 2.55. The average molecular weight is 204 g/mol. The number of rotatable bonds is 2. The molecule has 2 heterocycles. The summed E-state index contributed by atoms with van der Waals surface area (Å²) in [6.45, 7) is 3.57. The van der Waals surface area contributed by atoms with Crippen molar-refractivity contribution in [2.45, 2.75) is 44.2 Å². The molecule has 2 rings (SSSR count). The van der Waals surface area contributed by atoms with Crippen LogP contribution in [0.5, 0.6) is 0 Å². The Balaban J connectivity index is 2.09. The molecule has 14 heavy (non-hydrogen) atoms. The Labute approximate surface area is 82.9 Å². The van der Waals surface area contributed by atoms with Crippen LogP contribution in [-0.2, 0) is 18.9 Å². The molecule has 2 aliphatic rings. The molecule has 0 spiro atoms. The number of fused-ring (bicyclic) bond motifs is 1. The van der Waals surface area contributed by atoms with Gasteiger partial charge >= 0.3 is 0 Å². The smallest absolute Gasteiger partial charge is 0.190 e. The van der Waals surface area contributed by atoms with Crippen LogP contribution in [-0.4, -0.2) is 49.2 Å². The van der Waals surface area contributed by atoms with Gasteiger partial charge in [-0.3, -0.25) is 0 Å². The second kappa shape index (κ2) is 3.43. The quantitative estimate of drug-likeness (QED) is 0.679. The molecule has 5 heteroatoms. The second-order valence-corrected chi connectivity index (χ2v) is 4.03. The van der Waals surface area contributed by atoms with E-state index in [1.807, 2.05) is 13.8 Å². The van der Waals surface area contributed by atoms with E-state index in [1.165, 1.54) is 0 Å². The molecule has 0 aromatic carbocycles. The van der Waals surface area contributed by atoms with Gasteiger partial charge < -0.3 is 24.1 Å². The molecular formula is C9H16O5. The minimum absolute atomic E-state index is 0.0847. The molecule has 0 aromatic rings. The van der Waals surface area contributed by atoms with Gasteiger partial charge in [0.05, 0.1) is 6.61 Å². The highest BCUT2D eigenvalue weighted by Crippen LogP contribution is 2.38. The summed E-state index contributed by atoms with van der Waals surface area (Å²) >= 11 is 0. The summed E-state index contributed by atoms with van der Waals surface area (Å²) in [6, 6.07) is 0. The van der Waals surface area contributed by atoms with Gasteiger partial charge in [-0.1, -0.05) is 0 Å². The molecule has 2 aliphatic heterocycles.